The smallest absolute Gasteiger partial charge is 0.266 e. The van der Waals surface area contributed by atoms with E-state index in [1.165, 1.54) is 10.7 Å². The number of hydrogen-bond acceptors (Lipinski definition) is 8. The zero-order valence-corrected chi connectivity index (χ0v) is 19.3. The number of carbonyl (C=O) groups is 1. The molecule has 0 aliphatic heterocycles. The Morgan fingerprint density at radius 3 is 2.63 bits per heavy atom. The first-order chi connectivity index (χ1) is 17.0. The molecule has 1 N–H and O–H groups in total. The van der Waals surface area contributed by atoms with Crippen LogP contribution < -0.4 is 20.3 Å². The van der Waals surface area contributed by atoms with E-state index >= 15 is 0 Å². The quantitative estimate of drug-likeness (QED) is 0.391. The van der Waals surface area contributed by atoms with Gasteiger partial charge in [-0.15, -0.1) is 0 Å². The summed E-state index contributed by atoms with van der Waals surface area (Å²) in [6, 6.07) is 13.8. The van der Waals surface area contributed by atoms with Crippen LogP contribution in [0.4, 0.5) is 0 Å². The molecule has 1 aliphatic rings. The minimum absolute atomic E-state index is 0.153. The number of furan rings is 1. The van der Waals surface area contributed by atoms with E-state index in [1.54, 1.807) is 56.9 Å². The first kappa shape index (κ1) is 22.5. The summed E-state index contributed by atoms with van der Waals surface area (Å²) in [5.74, 6) is 2.13. The SMILES string of the molecule is COc1ccc(-c2cc(C3(C(=O)NCCn4nc(-c5ccco5)ccc4=O)CC3)no2)cc1OC. The van der Waals surface area contributed by atoms with Crippen LogP contribution in [-0.2, 0) is 16.8 Å². The van der Waals surface area contributed by atoms with Gasteiger partial charge in [-0.25, -0.2) is 4.68 Å². The van der Waals surface area contributed by atoms with Gasteiger partial charge in [-0.05, 0) is 49.2 Å². The molecule has 0 unspecified atom stereocenters. The van der Waals surface area contributed by atoms with E-state index < -0.39 is 5.41 Å². The summed E-state index contributed by atoms with van der Waals surface area (Å²) >= 11 is 0. The summed E-state index contributed by atoms with van der Waals surface area (Å²) in [5.41, 5.74) is 0.901. The molecule has 0 atom stereocenters. The van der Waals surface area contributed by atoms with Crippen molar-refractivity contribution in [3.8, 4) is 34.3 Å². The molecule has 3 aromatic heterocycles. The van der Waals surface area contributed by atoms with Gasteiger partial charge in [0.15, 0.2) is 23.0 Å². The van der Waals surface area contributed by atoms with Crippen molar-refractivity contribution < 1.29 is 23.2 Å². The molecule has 5 rings (SSSR count). The second-order valence-electron chi connectivity index (χ2n) is 8.24. The Morgan fingerprint density at radius 2 is 1.91 bits per heavy atom. The molecule has 0 saturated heterocycles. The first-order valence-electron chi connectivity index (χ1n) is 11.1. The lowest BCUT2D eigenvalue weighted by molar-refractivity contribution is -0.123. The Labute approximate surface area is 200 Å². The summed E-state index contributed by atoms with van der Waals surface area (Å²) in [4.78, 5) is 25.2. The molecule has 1 saturated carbocycles. The van der Waals surface area contributed by atoms with Crippen molar-refractivity contribution in [2.24, 2.45) is 0 Å². The topological polar surface area (TPSA) is 122 Å². The Balaban J connectivity index is 1.26. The van der Waals surface area contributed by atoms with Crippen molar-refractivity contribution in [3.63, 3.8) is 0 Å². The number of nitrogens with zero attached hydrogens (tertiary/aromatic N) is 3. The average Bonchev–Trinajstić information content (AvgIpc) is 3.27. The molecule has 10 heteroatoms. The number of aromatic nitrogens is 3. The number of ether oxygens (including phenoxy) is 2. The number of nitrogens with one attached hydrogen (secondary N) is 1. The van der Waals surface area contributed by atoms with Crippen LogP contribution in [0.2, 0.25) is 0 Å². The molecule has 10 nitrogen and oxygen atoms in total. The monoisotopic (exact) mass is 476 g/mol. The van der Waals surface area contributed by atoms with Crippen molar-refractivity contribution in [1.29, 1.82) is 0 Å². The standard InChI is InChI=1S/C25H24N4O6/c1-32-19-7-5-16(14-21(19)33-2)20-15-22(28-35-20)25(9-10-25)24(31)26-11-12-29-23(30)8-6-17(27-29)18-4-3-13-34-18/h3-8,13-15H,9-12H2,1-2H3,(H,26,31). The lowest BCUT2D eigenvalue weighted by atomic mass is 10.0. The molecule has 35 heavy (non-hydrogen) atoms. The van der Waals surface area contributed by atoms with Crippen LogP contribution in [0.5, 0.6) is 11.5 Å². The predicted octanol–water partition coefficient (Wildman–Crippen LogP) is 3.02. The molecular weight excluding hydrogens is 452 g/mol. The second-order valence-corrected chi connectivity index (χ2v) is 8.24. The molecule has 180 valence electrons. The van der Waals surface area contributed by atoms with Gasteiger partial charge in [0.25, 0.3) is 5.56 Å². The van der Waals surface area contributed by atoms with Crippen LogP contribution in [0.3, 0.4) is 0 Å². The fourth-order valence-corrected chi connectivity index (χ4v) is 3.96. The first-order valence-corrected chi connectivity index (χ1v) is 11.1. The highest BCUT2D eigenvalue weighted by Gasteiger charge is 2.53. The van der Waals surface area contributed by atoms with Crippen molar-refractivity contribution in [2.75, 3.05) is 20.8 Å². The van der Waals surface area contributed by atoms with E-state index in [0.717, 1.165) is 5.56 Å². The molecule has 1 aromatic carbocycles. The van der Waals surface area contributed by atoms with Crippen molar-refractivity contribution in [2.45, 2.75) is 24.8 Å². The predicted molar refractivity (Wildman–Crippen MR) is 125 cm³/mol. The maximum Gasteiger partial charge on any atom is 0.266 e. The van der Waals surface area contributed by atoms with E-state index in [0.29, 0.717) is 47.2 Å². The third kappa shape index (κ3) is 4.30. The Morgan fingerprint density at radius 1 is 1.09 bits per heavy atom. The van der Waals surface area contributed by atoms with Crippen LogP contribution in [-0.4, -0.2) is 41.6 Å². The molecule has 3 heterocycles. The highest BCUT2D eigenvalue weighted by Crippen LogP contribution is 2.48. The number of rotatable bonds is 9. The van der Waals surface area contributed by atoms with Crippen LogP contribution >= 0.6 is 0 Å². The maximum absolute atomic E-state index is 13.0. The van der Waals surface area contributed by atoms with E-state index in [4.69, 9.17) is 18.4 Å². The number of amides is 1. The number of methoxy groups -OCH3 is 2. The van der Waals surface area contributed by atoms with Gasteiger partial charge in [-0.2, -0.15) is 5.10 Å². The van der Waals surface area contributed by atoms with Crippen LogP contribution in [0.15, 0.2) is 68.5 Å². The van der Waals surface area contributed by atoms with E-state index in [2.05, 4.69) is 15.6 Å². The fourth-order valence-electron chi connectivity index (χ4n) is 3.96. The van der Waals surface area contributed by atoms with Gasteiger partial charge in [-0.3, -0.25) is 9.59 Å². The summed E-state index contributed by atoms with van der Waals surface area (Å²) in [6.45, 7) is 0.473. The highest BCUT2D eigenvalue weighted by atomic mass is 16.5. The van der Waals surface area contributed by atoms with Gasteiger partial charge in [0, 0.05) is 24.2 Å². The molecule has 1 aliphatic carbocycles. The largest absolute Gasteiger partial charge is 0.493 e. The van der Waals surface area contributed by atoms with Gasteiger partial charge < -0.3 is 23.7 Å². The van der Waals surface area contributed by atoms with Crippen LogP contribution in [0.25, 0.3) is 22.8 Å². The minimum Gasteiger partial charge on any atom is -0.493 e. The molecule has 4 aromatic rings. The Kier molecular flexibility index (Phi) is 5.86. The average molecular weight is 476 g/mol. The molecule has 1 amide bonds. The van der Waals surface area contributed by atoms with Gasteiger partial charge in [-0.1, -0.05) is 5.16 Å². The van der Waals surface area contributed by atoms with Crippen molar-refractivity contribution >= 4 is 5.91 Å². The zero-order valence-electron chi connectivity index (χ0n) is 19.3. The lowest BCUT2D eigenvalue weighted by Crippen LogP contribution is -2.38. The normalized spacial score (nSPS) is 13.9. The molecule has 1 fully saturated rings. The molecule has 0 spiro atoms. The summed E-state index contributed by atoms with van der Waals surface area (Å²) < 4.78 is 22.8. The third-order valence-corrected chi connectivity index (χ3v) is 6.10. The molecular formula is C25H24N4O6. The number of benzene rings is 1. The van der Waals surface area contributed by atoms with E-state index in [9.17, 15) is 9.59 Å². The van der Waals surface area contributed by atoms with Crippen LogP contribution in [0, 0.1) is 0 Å². The molecule has 0 bridgehead atoms. The summed E-state index contributed by atoms with van der Waals surface area (Å²) in [7, 11) is 3.13. The second kappa shape index (κ2) is 9.13. The van der Waals surface area contributed by atoms with Gasteiger partial charge in [0.05, 0.1) is 38.1 Å². The summed E-state index contributed by atoms with van der Waals surface area (Å²) in [5, 5.41) is 11.4. The van der Waals surface area contributed by atoms with Crippen molar-refractivity contribution in [3.05, 3.63) is 70.8 Å². The van der Waals surface area contributed by atoms with Gasteiger partial charge in [0.1, 0.15) is 5.69 Å². The fraction of sp³-hybridized carbons (Fsp3) is 0.280. The summed E-state index contributed by atoms with van der Waals surface area (Å²) in [6.07, 6.45) is 2.88. The number of hydrogen-bond donors (Lipinski definition) is 1. The number of carbonyl (C=O) groups excluding carboxylic acids is 1. The van der Waals surface area contributed by atoms with Crippen molar-refractivity contribution in [1.82, 2.24) is 20.3 Å². The maximum atomic E-state index is 13.0. The minimum atomic E-state index is -0.729. The van der Waals surface area contributed by atoms with Gasteiger partial charge >= 0.3 is 0 Å². The van der Waals surface area contributed by atoms with Gasteiger partial charge in [0.2, 0.25) is 5.91 Å². The Hall–Kier alpha value is -4.34. The zero-order chi connectivity index (χ0) is 24.4. The van der Waals surface area contributed by atoms with Crippen LogP contribution in [0.1, 0.15) is 18.5 Å². The van der Waals surface area contributed by atoms with E-state index in [-0.39, 0.29) is 24.6 Å². The Bertz CT molecular complexity index is 1400. The third-order valence-electron chi connectivity index (χ3n) is 6.10. The highest BCUT2D eigenvalue weighted by molar-refractivity contribution is 5.91. The van der Waals surface area contributed by atoms with E-state index in [1.807, 2.05) is 6.07 Å². The molecule has 0 radical (unpaired) electrons. The lowest BCUT2D eigenvalue weighted by Gasteiger charge is -2.13.